The molecule has 0 fully saturated rings. The van der Waals surface area contributed by atoms with Crippen LogP contribution in [0.15, 0.2) is 42.9 Å². The topological polar surface area (TPSA) is 36.9 Å². The first-order valence-corrected chi connectivity index (χ1v) is 7.51. The molecular formula is C17H22N4. The normalized spacial score (nSPS) is 11.6. The molecule has 4 nitrogen and oxygen atoms in total. The van der Waals surface area contributed by atoms with E-state index in [1.807, 2.05) is 17.1 Å². The van der Waals surface area contributed by atoms with E-state index in [1.165, 1.54) is 22.0 Å². The summed E-state index contributed by atoms with van der Waals surface area (Å²) >= 11 is 0. The fraction of sp³-hybridized carbons (Fsp3) is 0.353. The van der Waals surface area contributed by atoms with Crippen molar-refractivity contribution in [3.63, 3.8) is 0 Å². The number of nitrogens with zero attached hydrogens (tertiary/aromatic N) is 3. The second-order valence-corrected chi connectivity index (χ2v) is 5.55. The van der Waals surface area contributed by atoms with E-state index < -0.39 is 0 Å². The molecule has 21 heavy (non-hydrogen) atoms. The van der Waals surface area contributed by atoms with Gasteiger partial charge in [-0.3, -0.25) is 4.68 Å². The Balaban J connectivity index is 1.61. The number of H-pyrrole nitrogens is 1. The van der Waals surface area contributed by atoms with Gasteiger partial charge in [0.05, 0.1) is 6.20 Å². The first-order valence-electron chi connectivity index (χ1n) is 7.51. The molecule has 0 aliphatic rings. The van der Waals surface area contributed by atoms with Crippen LogP contribution in [0.3, 0.4) is 0 Å². The standard InChI is InChI=1S/C17H22N4/c1-3-21-12-14(11-19-21)8-10-20(2)13-15-5-4-6-17-16(15)7-9-18-17/h4-7,9,11-12,18H,3,8,10,13H2,1-2H3. The van der Waals surface area contributed by atoms with Crippen LogP contribution in [0, 0.1) is 0 Å². The zero-order valence-corrected chi connectivity index (χ0v) is 12.7. The molecule has 0 bridgehead atoms. The van der Waals surface area contributed by atoms with Crippen LogP contribution >= 0.6 is 0 Å². The molecule has 3 rings (SSSR count). The Morgan fingerprint density at radius 1 is 1.29 bits per heavy atom. The lowest BCUT2D eigenvalue weighted by Crippen LogP contribution is -2.20. The predicted molar refractivity (Wildman–Crippen MR) is 86.2 cm³/mol. The molecule has 0 radical (unpaired) electrons. The molecular weight excluding hydrogens is 260 g/mol. The number of benzene rings is 1. The number of likely N-dealkylation sites (N-methyl/N-ethyl adjacent to an activating group) is 1. The minimum absolute atomic E-state index is 0.936. The van der Waals surface area contributed by atoms with Gasteiger partial charge in [0, 0.05) is 42.9 Å². The van der Waals surface area contributed by atoms with Gasteiger partial charge in [-0.2, -0.15) is 5.10 Å². The van der Waals surface area contributed by atoms with E-state index in [9.17, 15) is 0 Å². The summed E-state index contributed by atoms with van der Waals surface area (Å²) in [5, 5.41) is 5.65. The third-order valence-corrected chi connectivity index (χ3v) is 3.92. The number of fused-ring (bicyclic) bond motifs is 1. The highest BCUT2D eigenvalue weighted by molar-refractivity contribution is 5.82. The highest BCUT2D eigenvalue weighted by Crippen LogP contribution is 2.18. The van der Waals surface area contributed by atoms with E-state index in [0.29, 0.717) is 0 Å². The number of aromatic amines is 1. The van der Waals surface area contributed by atoms with Crippen LogP contribution in [-0.4, -0.2) is 33.3 Å². The summed E-state index contributed by atoms with van der Waals surface area (Å²) in [5.41, 5.74) is 3.90. The van der Waals surface area contributed by atoms with E-state index in [1.54, 1.807) is 0 Å². The van der Waals surface area contributed by atoms with Crippen molar-refractivity contribution in [2.75, 3.05) is 13.6 Å². The Labute approximate surface area is 125 Å². The van der Waals surface area contributed by atoms with Gasteiger partial charge in [0.25, 0.3) is 0 Å². The van der Waals surface area contributed by atoms with Gasteiger partial charge >= 0.3 is 0 Å². The quantitative estimate of drug-likeness (QED) is 0.754. The minimum atomic E-state index is 0.936. The molecule has 1 N–H and O–H groups in total. The lowest BCUT2D eigenvalue weighted by atomic mass is 10.1. The van der Waals surface area contributed by atoms with E-state index in [0.717, 1.165) is 26.1 Å². The molecule has 0 spiro atoms. The molecule has 0 unspecified atom stereocenters. The molecule has 0 saturated carbocycles. The second kappa shape index (κ2) is 6.14. The maximum absolute atomic E-state index is 4.32. The number of rotatable bonds is 6. The summed E-state index contributed by atoms with van der Waals surface area (Å²) in [4.78, 5) is 5.64. The average Bonchev–Trinajstić information content (AvgIpc) is 3.14. The third-order valence-electron chi connectivity index (χ3n) is 3.92. The Kier molecular flexibility index (Phi) is 4.06. The summed E-state index contributed by atoms with van der Waals surface area (Å²) in [6, 6.07) is 8.61. The maximum Gasteiger partial charge on any atom is 0.0522 e. The molecule has 1 aromatic carbocycles. The summed E-state index contributed by atoms with van der Waals surface area (Å²) in [5.74, 6) is 0. The Bertz CT molecular complexity index is 710. The summed E-state index contributed by atoms with van der Waals surface area (Å²) in [6.07, 6.45) is 7.16. The zero-order chi connectivity index (χ0) is 14.7. The van der Waals surface area contributed by atoms with Crippen molar-refractivity contribution in [2.45, 2.75) is 26.4 Å². The van der Waals surface area contributed by atoms with Gasteiger partial charge in [0.15, 0.2) is 0 Å². The number of hydrogen-bond donors (Lipinski definition) is 1. The van der Waals surface area contributed by atoms with E-state index in [4.69, 9.17) is 0 Å². The van der Waals surface area contributed by atoms with Gasteiger partial charge in [0.2, 0.25) is 0 Å². The number of aryl methyl sites for hydroxylation is 1. The van der Waals surface area contributed by atoms with Crippen molar-refractivity contribution >= 4 is 10.9 Å². The monoisotopic (exact) mass is 282 g/mol. The average molecular weight is 282 g/mol. The van der Waals surface area contributed by atoms with Crippen molar-refractivity contribution in [3.05, 3.63) is 54.0 Å². The number of aromatic nitrogens is 3. The molecule has 0 atom stereocenters. The molecule has 2 aromatic heterocycles. The second-order valence-electron chi connectivity index (χ2n) is 5.55. The van der Waals surface area contributed by atoms with Crippen molar-refractivity contribution in [1.82, 2.24) is 19.7 Å². The lowest BCUT2D eigenvalue weighted by Gasteiger charge is -2.16. The van der Waals surface area contributed by atoms with Crippen molar-refractivity contribution in [1.29, 1.82) is 0 Å². The summed E-state index contributed by atoms with van der Waals surface area (Å²) in [7, 11) is 2.18. The minimum Gasteiger partial charge on any atom is -0.361 e. The summed E-state index contributed by atoms with van der Waals surface area (Å²) < 4.78 is 1.98. The Hall–Kier alpha value is -2.07. The lowest BCUT2D eigenvalue weighted by molar-refractivity contribution is 0.332. The highest BCUT2D eigenvalue weighted by Gasteiger charge is 2.06. The van der Waals surface area contributed by atoms with E-state index in [2.05, 4.69) is 59.4 Å². The van der Waals surface area contributed by atoms with Crippen LogP contribution in [-0.2, 0) is 19.5 Å². The first kappa shape index (κ1) is 13.9. The SMILES string of the molecule is CCn1cc(CCN(C)Cc2cccc3[nH]ccc23)cn1. The maximum atomic E-state index is 4.32. The zero-order valence-electron chi connectivity index (χ0n) is 12.7. The van der Waals surface area contributed by atoms with E-state index >= 15 is 0 Å². The van der Waals surface area contributed by atoms with Crippen molar-refractivity contribution < 1.29 is 0 Å². The molecule has 3 aromatic rings. The van der Waals surface area contributed by atoms with Crippen LogP contribution in [0.5, 0.6) is 0 Å². The molecule has 4 heteroatoms. The van der Waals surface area contributed by atoms with Crippen LogP contribution < -0.4 is 0 Å². The van der Waals surface area contributed by atoms with E-state index in [-0.39, 0.29) is 0 Å². The molecule has 0 amide bonds. The predicted octanol–water partition coefficient (Wildman–Crippen LogP) is 3.06. The molecule has 110 valence electrons. The fourth-order valence-electron chi connectivity index (χ4n) is 2.69. The van der Waals surface area contributed by atoms with Crippen molar-refractivity contribution in [3.8, 4) is 0 Å². The molecule has 0 aliphatic carbocycles. The van der Waals surface area contributed by atoms with Gasteiger partial charge in [-0.15, -0.1) is 0 Å². The van der Waals surface area contributed by atoms with Gasteiger partial charge in [-0.25, -0.2) is 0 Å². The van der Waals surface area contributed by atoms with Gasteiger partial charge in [-0.1, -0.05) is 12.1 Å². The smallest absolute Gasteiger partial charge is 0.0522 e. The van der Waals surface area contributed by atoms with Gasteiger partial charge in [0.1, 0.15) is 0 Å². The fourth-order valence-corrected chi connectivity index (χ4v) is 2.69. The van der Waals surface area contributed by atoms with Crippen molar-refractivity contribution in [2.24, 2.45) is 0 Å². The Morgan fingerprint density at radius 2 is 2.19 bits per heavy atom. The van der Waals surface area contributed by atoms with Gasteiger partial charge in [-0.05, 0) is 43.7 Å². The van der Waals surface area contributed by atoms with Crippen LogP contribution in [0.2, 0.25) is 0 Å². The first-order chi connectivity index (χ1) is 10.3. The third kappa shape index (κ3) is 3.16. The van der Waals surface area contributed by atoms with Crippen LogP contribution in [0.4, 0.5) is 0 Å². The highest BCUT2D eigenvalue weighted by atomic mass is 15.3. The number of nitrogens with one attached hydrogen (secondary N) is 1. The summed E-state index contributed by atoms with van der Waals surface area (Å²) in [6.45, 7) is 5.05. The van der Waals surface area contributed by atoms with Crippen LogP contribution in [0.25, 0.3) is 10.9 Å². The molecule has 0 aliphatic heterocycles. The molecule has 2 heterocycles. The van der Waals surface area contributed by atoms with Gasteiger partial charge < -0.3 is 9.88 Å². The molecule has 0 saturated heterocycles. The Morgan fingerprint density at radius 3 is 3.00 bits per heavy atom. The largest absolute Gasteiger partial charge is 0.361 e. The number of hydrogen-bond acceptors (Lipinski definition) is 2. The van der Waals surface area contributed by atoms with Crippen LogP contribution in [0.1, 0.15) is 18.1 Å².